The Kier molecular flexibility index (Phi) is 3.34. The fraction of sp³-hybridized carbons (Fsp3) is 0.615. The molecular weight excluding hydrogens is 345 g/mol. The Labute approximate surface area is 120 Å². The van der Waals surface area contributed by atoms with Gasteiger partial charge in [0.1, 0.15) is 3.70 Å². The minimum absolute atomic E-state index is 0.0487. The van der Waals surface area contributed by atoms with Crippen LogP contribution in [0.2, 0.25) is 0 Å². The number of nitrogens with zero attached hydrogens (tertiary/aromatic N) is 1. The van der Waals surface area contributed by atoms with Gasteiger partial charge in [0.15, 0.2) is 0 Å². The Hall–Kier alpha value is -0.240. The van der Waals surface area contributed by atoms with Crippen molar-refractivity contribution in [2.75, 3.05) is 19.8 Å². The van der Waals surface area contributed by atoms with E-state index in [1.807, 2.05) is 12.1 Å². The minimum atomic E-state index is -1.02. The molecule has 2 bridgehead atoms. The van der Waals surface area contributed by atoms with E-state index in [4.69, 9.17) is 14.2 Å². The van der Waals surface area contributed by atoms with E-state index < -0.39 is 5.97 Å². The lowest BCUT2D eigenvalue weighted by Gasteiger charge is -2.51. The second kappa shape index (κ2) is 4.70. The molecule has 0 amide bonds. The molecule has 0 unspecified atom stereocenters. The van der Waals surface area contributed by atoms with Gasteiger partial charge in [-0.15, -0.1) is 0 Å². The highest BCUT2D eigenvalue weighted by atomic mass is 127. The lowest BCUT2D eigenvalue weighted by atomic mass is 9.84. The van der Waals surface area contributed by atoms with Gasteiger partial charge in [-0.05, 0) is 41.1 Å². The van der Waals surface area contributed by atoms with Gasteiger partial charge in [0, 0.05) is 11.6 Å². The van der Waals surface area contributed by atoms with Crippen LogP contribution >= 0.6 is 22.6 Å². The van der Waals surface area contributed by atoms with Crippen LogP contribution in [0.15, 0.2) is 18.3 Å². The van der Waals surface area contributed by atoms with Gasteiger partial charge in [0.05, 0.1) is 25.4 Å². The summed E-state index contributed by atoms with van der Waals surface area (Å²) < 4.78 is 18.5. The highest BCUT2D eigenvalue weighted by Crippen LogP contribution is 2.45. The molecule has 0 spiro atoms. The second-order valence-electron chi connectivity index (χ2n) is 5.04. The van der Waals surface area contributed by atoms with E-state index in [2.05, 4.69) is 34.5 Å². The predicted octanol–water partition coefficient (Wildman–Crippen LogP) is 2.66. The van der Waals surface area contributed by atoms with E-state index in [-0.39, 0.29) is 5.41 Å². The number of fused-ring (bicyclic) bond motifs is 3. The van der Waals surface area contributed by atoms with Crippen LogP contribution in [0, 0.1) is 9.12 Å². The third-order valence-corrected chi connectivity index (χ3v) is 4.20. The Morgan fingerprint density at radius 3 is 2.39 bits per heavy atom. The molecule has 4 rings (SSSR count). The Balaban J connectivity index is 1.82. The van der Waals surface area contributed by atoms with E-state index in [9.17, 15) is 0 Å². The lowest BCUT2D eigenvalue weighted by Crippen LogP contribution is -2.58. The van der Waals surface area contributed by atoms with Crippen molar-refractivity contribution >= 4 is 22.6 Å². The van der Waals surface area contributed by atoms with Gasteiger partial charge in [-0.25, -0.2) is 4.98 Å². The topological polar surface area (TPSA) is 40.6 Å². The Morgan fingerprint density at radius 1 is 1.22 bits per heavy atom. The molecule has 3 aliphatic heterocycles. The first-order chi connectivity index (χ1) is 8.68. The summed E-state index contributed by atoms with van der Waals surface area (Å²) in [6, 6.07) is 3.89. The average molecular weight is 361 g/mol. The molecule has 0 aromatic carbocycles. The van der Waals surface area contributed by atoms with Crippen molar-refractivity contribution in [3.63, 3.8) is 0 Å². The molecule has 18 heavy (non-hydrogen) atoms. The summed E-state index contributed by atoms with van der Waals surface area (Å²) in [5.74, 6) is -1.02. The van der Waals surface area contributed by atoms with Crippen molar-refractivity contribution in [3.8, 4) is 0 Å². The molecular formula is C13H16INO3. The molecule has 4 heterocycles. The molecule has 3 saturated heterocycles. The fourth-order valence-corrected chi connectivity index (χ4v) is 2.87. The molecule has 0 N–H and O–H groups in total. The molecule has 0 atom stereocenters. The number of hydrogen-bond donors (Lipinski definition) is 0. The molecule has 98 valence electrons. The van der Waals surface area contributed by atoms with Gasteiger partial charge in [-0.3, -0.25) is 0 Å². The maximum absolute atomic E-state index is 5.86. The maximum Gasteiger partial charge on any atom is 0.313 e. The van der Waals surface area contributed by atoms with Crippen LogP contribution in [-0.4, -0.2) is 24.8 Å². The van der Waals surface area contributed by atoms with Crippen LogP contribution in [0.5, 0.6) is 0 Å². The van der Waals surface area contributed by atoms with Crippen LogP contribution < -0.4 is 0 Å². The number of aromatic nitrogens is 1. The normalized spacial score (nSPS) is 34.8. The first-order valence-corrected chi connectivity index (χ1v) is 7.30. The number of hydrogen-bond acceptors (Lipinski definition) is 4. The molecule has 1 aromatic heterocycles. The number of rotatable bonds is 3. The van der Waals surface area contributed by atoms with Crippen LogP contribution in [0.25, 0.3) is 0 Å². The zero-order valence-electron chi connectivity index (χ0n) is 10.3. The summed E-state index contributed by atoms with van der Waals surface area (Å²) in [4.78, 5) is 4.26. The van der Waals surface area contributed by atoms with Crippen molar-refractivity contribution in [1.82, 2.24) is 4.98 Å². The van der Waals surface area contributed by atoms with Crippen molar-refractivity contribution in [3.05, 3.63) is 27.6 Å². The summed E-state index contributed by atoms with van der Waals surface area (Å²) in [7, 11) is 0. The highest BCUT2D eigenvalue weighted by Gasteiger charge is 2.53. The highest BCUT2D eigenvalue weighted by molar-refractivity contribution is 14.1. The van der Waals surface area contributed by atoms with E-state index in [1.165, 1.54) is 0 Å². The largest absolute Gasteiger partial charge is 0.323 e. The summed E-state index contributed by atoms with van der Waals surface area (Å²) >= 11 is 2.17. The molecule has 0 saturated carbocycles. The van der Waals surface area contributed by atoms with E-state index in [0.717, 1.165) is 22.1 Å². The van der Waals surface area contributed by atoms with Gasteiger partial charge in [0.2, 0.25) is 0 Å². The Bertz CT molecular complexity index is 410. The van der Waals surface area contributed by atoms with Crippen molar-refractivity contribution in [2.45, 2.75) is 25.7 Å². The van der Waals surface area contributed by atoms with Gasteiger partial charge >= 0.3 is 5.97 Å². The van der Waals surface area contributed by atoms with E-state index in [1.54, 1.807) is 6.20 Å². The van der Waals surface area contributed by atoms with Crippen LogP contribution in [0.3, 0.4) is 0 Å². The van der Waals surface area contributed by atoms with Gasteiger partial charge < -0.3 is 14.2 Å². The van der Waals surface area contributed by atoms with Crippen LogP contribution in [0.1, 0.15) is 25.3 Å². The fourth-order valence-electron chi connectivity index (χ4n) is 2.55. The monoisotopic (exact) mass is 361 g/mol. The summed E-state index contributed by atoms with van der Waals surface area (Å²) in [5, 5.41) is 0. The first kappa shape index (κ1) is 12.8. The molecule has 3 aliphatic rings. The molecule has 0 radical (unpaired) electrons. The van der Waals surface area contributed by atoms with Gasteiger partial charge in [-0.1, -0.05) is 13.3 Å². The molecule has 5 heteroatoms. The summed E-state index contributed by atoms with van der Waals surface area (Å²) in [6.45, 7) is 4.28. The van der Waals surface area contributed by atoms with Crippen molar-refractivity contribution in [2.24, 2.45) is 5.41 Å². The minimum Gasteiger partial charge on any atom is -0.323 e. The zero-order chi connectivity index (χ0) is 12.6. The zero-order valence-corrected chi connectivity index (χ0v) is 12.5. The third kappa shape index (κ3) is 2.07. The average Bonchev–Trinajstić information content (AvgIpc) is 2.42. The molecule has 1 aromatic rings. The third-order valence-electron chi connectivity index (χ3n) is 3.57. The van der Waals surface area contributed by atoms with Gasteiger partial charge in [0.25, 0.3) is 0 Å². The summed E-state index contributed by atoms with van der Waals surface area (Å²) in [6.07, 6.45) is 3.96. The van der Waals surface area contributed by atoms with Crippen molar-refractivity contribution in [1.29, 1.82) is 0 Å². The summed E-state index contributed by atoms with van der Waals surface area (Å²) in [5.41, 5.74) is 0.889. The Morgan fingerprint density at radius 2 is 1.89 bits per heavy atom. The molecule has 3 fully saturated rings. The van der Waals surface area contributed by atoms with Crippen molar-refractivity contribution < 1.29 is 14.2 Å². The molecule has 4 nitrogen and oxygen atoms in total. The quantitative estimate of drug-likeness (QED) is 0.613. The standard InChI is InChI=1S/C13H16INO3/c1-2-5-12-7-16-13(17-8-12,18-9-12)10-3-4-11(14)15-6-10/h3-4,6H,2,5,7-9H2,1H3. The number of halogens is 1. The van der Waals surface area contributed by atoms with Gasteiger partial charge in [-0.2, -0.15) is 0 Å². The van der Waals surface area contributed by atoms with E-state index >= 15 is 0 Å². The number of pyridine rings is 1. The van der Waals surface area contributed by atoms with Crippen LogP contribution in [0.4, 0.5) is 0 Å². The second-order valence-corrected chi connectivity index (χ2v) is 6.15. The van der Waals surface area contributed by atoms with Crippen LogP contribution in [-0.2, 0) is 20.2 Å². The lowest BCUT2D eigenvalue weighted by molar-refractivity contribution is -0.480. The molecule has 0 aliphatic carbocycles. The number of ether oxygens (including phenoxy) is 3. The SMILES string of the molecule is CCCC12COC(c3ccc(I)nc3)(OC1)OC2. The van der Waals surface area contributed by atoms with E-state index in [0.29, 0.717) is 19.8 Å². The first-order valence-electron chi connectivity index (χ1n) is 6.22. The smallest absolute Gasteiger partial charge is 0.313 e. The maximum atomic E-state index is 5.86. The predicted molar refractivity (Wildman–Crippen MR) is 73.8 cm³/mol.